The zero-order valence-electron chi connectivity index (χ0n) is 13.7. The number of aromatic nitrogens is 4. The fourth-order valence-corrected chi connectivity index (χ4v) is 3.81. The maximum atomic E-state index is 9.43. The minimum absolute atomic E-state index is 0.00793. The lowest BCUT2D eigenvalue weighted by Gasteiger charge is -2.33. The van der Waals surface area contributed by atoms with Crippen molar-refractivity contribution in [1.82, 2.24) is 19.9 Å². The highest BCUT2D eigenvalue weighted by atomic mass is 32.1. The van der Waals surface area contributed by atoms with Gasteiger partial charge in [-0.05, 0) is 17.9 Å². The van der Waals surface area contributed by atoms with E-state index in [0.717, 1.165) is 33.7 Å². The standard InChI is InChI=1S/C16H18N6O2S/c1-9-8-25-15-12(9)14(22-2-3-24-11(6-22)7-23)20-13(21-15)10-4-18-16(17)19-5-10/h4-5,8,11,23H,2-3,6-7H2,1H3,(H2,17,18,19). The molecule has 0 aliphatic carbocycles. The Bertz CT molecular complexity index is 898. The maximum absolute atomic E-state index is 9.43. The molecular weight excluding hydrogens is 340 g/mol. The number of nitrogens with two attached hydrogens (primary N) is 1. The van der Waals surface area contributed by atoms with Gasteiger partial charge in [0.1, 0.15) is 10.6 Å². The first kappa shape index (κ1) is 16.1. The van der Waals surface area contributed by atoms with Gasteiger partial charge in [-0.25, -0.2) is 19.9 Å². The monoisotopic (exact) mass is 358 g/mol. The Labute approximate surface area is 148 Å². The molecule has 4 heterocycles. The lowest BCUT2D eigenvalue weighted by atomic mass is 10.2. The van der Waals surface area contributed by atoms with E-state index in [1.165, 1.54) is 0 Å². The van der Waals surface area contributed by atoms with E-state index < -0.39 is 0 Å². The third-order valence-corrected chi connectivity index (χ3v) is 5.16. The Morgan fingerprint density at radius 2 is 2.16 bits per heavy atom. The van der Waals surface area contributed by atoms with Gasteiger partial charge in [0.05, 0.1) is 30.3 Å². The molecule has 1 fully saturated rings. The van der Waals surface area contributed by atoms with Crippen LogP contribution in [0.5, 0.6) is 0 Å². The van der Waals surface area contributed by atoms with Crippen LogP contribution in [0.1, 0.15) is 5.56 Å². The van der Waals surface area contributed by atoms with Gasteiger partial charge in [0.25, 0.3) is 0 Å². The Balaban J connectivity index is 1.83. The van der Waals surface area contributed by atoms with Crippen LogP contribution < -0.4 is 10.6 Å². The lowest BCUT2D eigenvalue weighted by molar-refractivity contribution is 0.00344. The maximum Gasteiger partial charge on any atom is 0.219 e. The molecule has 0 spiro atoms. The molecule has 1 aliphatic heterocycles. The van der Waals surface area contributed by atoms with Gasteiger partial charge < -0.3 is 20.5 Å². The summed E-state index contributed by atoms with van der Waals surface area (Å²) in [6.07, 6.45) is 3.05. The third-order valence-electron chi connectivity index (χ3n) is 4.17. The number of hydrogen-bond donors (Lipinski definition) is 2. The molecule has 1 aliphatic rings. The number of anilines is 2. The number of aliphatic hydroxyl groups is 1. The number of nitrogens with zero attached hydrogens (tertiary/aromatic N) is 5. The van der Waals surface area contributed by atoms with Crippen molar-refractivity contribution in [3.05, 3.63) is 23.3 Å². The van der Waals surface area contributed by atoms with Crippen LogP contribution in [-0.4, -0.2) is 57.4 Å². The average molecular weight is 358 g/mol. The fourth-order valence-electron chi connectivity index (χ4n) is 2.90. The van der Waals surface area contributed by atoms with E-state index in [9.17, 15) is 5.11 Å². The van der Waals surface area contributed by atoms with E-state index in [-0.39, 0.29) is 18.7 Å². The number of ether oxygens (including phenoxy) is 1. The van der Waals surface area contributed by atoms with Crippen LogP contribution in [0.3, 0.4) is 0 Å². The number of morpholine rings is 1. The normalized spacial score (nSPS) is 18.0. The van der Waals surface area contributed by atoms with Crippen LogP contribution in [0.2, 0.25) is 0 Å². The number of thiophene rings is 1. The van der Waals surface area contributed by atoms with Gasteiger partial charge in [0.15, 0.2) is 5.82 Å². The number of nitrogen functional groups attached to an aromatic ring is 1. The summed E-state index contributed by atoms with van der Waals surface area (Å²) in [4.78, 5) is 20.6. The molecule has 1 unspecified atom stereocenters. The van der Waals surface area contributed by atoms with E-state index in [4.69, 9.17) is 15.5 Å². The molecular formula is C16H18N6O2S. The van der Waals surface area contributed by atoms with Gasteiger partial charge in [-0.2, -0.15) is 0 Å². The lowest BCUT2D eigenvalue weighted by Crippen LogP contribution is -2.44. The van der Waals surface area contributed by atoms with Crippen molar-refractivity contribution in [2.45, 2.75) is 13.0 Å². The second kappa shape index (κ2) is 6.51. The Morgan fingerprint density at radius 1 is 1.36 bits per heavy atom. The highest BCUT2D eigenvalue weighted by Crippen LogP contribution is 2.34. The molecule has 1 saturated heterocycles. The van der Waals surface area contributed by atoms with Gasteiger partial charge in [-0.3, -0.25) is 0 Å². The summed E-state index contributed by atoms with van der Waals surface area (Å²) in [5, 5.41) is 12.6. The topological polar surface area (TPSA) is 110 Å². The van der Waals surface area contributed by atoms with Crippen LogP contribution in [-0.2, 0) is 4.74 Å². The molecule has 3 N–H and O–H groups in total. The molecule has 25 heavy (non-hydrogen) atoms. The zero-order valence-corrected chi connectivity index (χ0v) is 14.5. The quantitative estimate of drug-likeness (QED) is 0.719. The summed E-state index contributed by atoms with van der Waals surface area (Å²) in [6, 6.07) is 0. The van der Waals surface area contributed by atoms with Crippen LogP contribution in [0.4, 0.5) is 11.8 Å². The van der Waals surface area contributed by atoms with Crippen molar-refractivity contribution < 1.29 is 9.84 Å². The summed E-state index contributed by atoms with van der Waals surface area (Å²) in [5.74, 6) is 1.64. The van der Waals surface area contributed by atoms with E-state index in [1.54, 1.807) is 23.7 Å². The van der Waals surface area contributed by atoms with E-state index in [1.807, 2.05) is 0 Å². The number of rotatable bonds is 3. The van der Waals surface area contributed by atoms with Crippen LogP contribution in [0.15, 0.2) is 17.8 Å². The molecule has 0 aromatic carbocycles. The van der Waals surface area contributed by atoms with Crippen LogP contribution in [0, 0.1) is 6.92 Å². The average Bonchev–Trinajstić information content (AvgIpc) is 3.03. The summed E-state index contributed by atoms with van der Waals surface area (Å²) in [5.41, 5.74) is 7.43. The molecule has 0 saturated carbocycles. The predicted molar refractivity (Wildman–Crippen MR) is 96.6 cm³/mol. The third kappa shape index (κ3) is 3.01. The molecule has 0 radical (unpaired) electrons. The summed E-state index contributed by atoms with van der Waals surface area (Å²) >= 11 is 1.59. The minimum Gasteiger partial charge on any atom is -0.394 e. The summed E-state index contributed by atoms with van der Waals surface area (Å²) in [6.45, 7) is 3.92. The molecule has 4 rings (SSSR count). The Hall–Kier alpha value is -2.36. The van der Waals surface area contributed by atoms with Crippen LogP contribution >= 0.6 is 11.3 Å². The first-order valence-electron chi connectivity index (χ1n) is 7.97. The summed E-state index contributed by atoms with van der Waals surface area (Å²) < 4.78 is 5.56. The van der Waals surface area contributed by atoms with E-state index in [2.05, 4.69) is 32.2 Å². The molecule has 1 atom stereocenters. The van der Waals surface area contributed by atoms with Crippen molar-refractivity contribution in [2.75, 3.05) is 36.9 Å². The van der Waals surface area contributed by atoms with Gasteiger partial charge in [-0.1, -0.05) is 0 Å². The highest BCUT2D eigenvalue weighted by Gasteiger charge is 2.24. The van der Waals surface area contributed by atoms with E-state index in [0.29, 0.717) is 19.0 Å². The Morgan fingerprint density at radius 3 is 2.92 bits per heavy atom. The molecule has 8 nitrogen and oxygen atoms in total. The molecule has 0 amide bonds. The van der Waals surface area contributed by atoms with Crippen LogP contribution in [0.25, 0.3) is 21.6 Å². The molecule has 3 aromatic rings. The first-order valence-corrected chi connectivity index (χ1v) is 8.85. The smallest absolute Gasteiger partial charge is 0.219 e. The van der Waals surface area contributed by atoms with Crippen molar-refractivity contribution in [2.24, 2.45) is 0 Å². The van der Waals surface area contributed by atoms with Gasteiger partial charge >= 0.3 is 0 Å². The molecule has 130 valence electrons. The van der Waals surface area contributed by atoms with Gasteiger partial charge in [0.2, 0.25) is 5.95 Å². The predicted octanol–water partition coefficient (Wildman–Crippen LogP) is 1.24. The SMILES string of the molecule is Cc1csc2nc(-c3cnc(N)nc3)nc(N3CCOC(CO)C3)c12. The zero-order chi connectivity index (χ0) is 17.4. The van der Waals surface area contributed by atoms with Crippen molar-refractivity contribution >= 4 is 33.3 Å². The van der Waals surface area contributed by atoms with Gasteiger partial charge in [-0.15, -0.1) is 11.3 Å². The highest BCUT2D eigenvalue weighted by molar-refractivity contribution is 7.17. The number of aryl methyl sites for hydroxylation is 1. The number of hydrogen-bond acceptors (Lipinski definition) is 9. The first-order chi connectivity index (χ1) is 12.2. The van der Waals surface area contributed by atoms with Gasteiger partial charge in [0, 0.05) is 25.5 Å². The van der Waals surface area contributed by atoms with E-state index >= 15 is 0 Å². The summed E-state index contributed by atoms with van der Waals surface area (Å²) in [7, 11) is 0. The number of aliphatic hydroxyl groups excluding tert-OH is 1. The largest absolute Gasteiger partial charge is 0.394 e. The second-order valence-corrected chi connectivity index (χ2v) is 6.78. The van der Waals surface area contributed by atoms with Crippen molar-refractivity contribution in [1.29, 1.82) is 0 Å². The van der Waals surface area contributed by atoms with Crippen molar-refractivity contribution in [3.8, 4) is 11.4 Å². The second-order valence-electron chi connectivity index (χ2n) is 5.92. The minimum atomic E-state index is -0.207. The molecule has 9 heteroatoms. The van der Waals surface area contributed by atoms with Crippen molar-refractivity contribution in [3.63, 3.8) is 0 Å². The molecule has 0 bridgehead atoms. The number of fused-ring (bicyclic) bond motifs is 1. The Kier molecular flexibility index (Phi) is 4.20. The fraction of sp³-hybridized carbons (Fsp3) is 0.375. The molecule has 3 aromatic heterocycles.